The Balaban J connectivity index is 1.73. The van der Waals surface area contributed by atoms with Crippen LogP contribution in [-0.2, 0) is 14.8 Å². The molecule has 0 bridgehead atoms. The standard InChI is InChI=1S/C15H20N2O4S/c1-21-13-4-2-3-5-14(13)22(19,20)17-10-8-16(9-11-17)15(18)12-6-7-12/h2-5,12H,6-11H2,1H3. The second-order valence-corrected chi connectivity index (χ2v) is 7.56. The van der Waals surface area contributed by atoms with Crippen LogP contribution in [0, 0.1) is 5.92 Å². The van der Waals surface area contributed by atoms with Gasteiger partial charge in [0.2, 0.25) is 15.9 Å². The van der Waals surface area contributed by atoms with Gasteiger partial charge in [0, 0.05) is 32.1 Å². The molecule has 7 heteroatoms. The zero-order chi connectivity index (χ0) is 15.7. The van der Waals surface area contributed by atoms with Gasteiger partial charge in [-0.05, 0) is 25.0 Å². The highest BCUT2D eigenvalue weighted by Crippen LogP contribution is 2.32. The average molecular weight is 324 g/mol. The highest BCUT2D eigenvalue weighted by molar-refractivity contribution is 7.89. The predicted octanol–water partition coefficient (Wildman–Crippen LogP) is 0.938. The SMILES string of the molecule is COc1ccccc1S(=O)(=O)N1CCN(C(=O)C2CC2)CC1. The predicted molar refractivity (Wildman–Crippen MR) is 81.1 cm³/mol. The molecule has 1 saturated carbocycles. The smallest absolute Gasteiger partial charge is 0.246 e. The summed E-state index contributed by atoms with van der Waals surface area (Å²) in [4.78, 5) is 14.0. The number of carbonyl (C=O) groups is 1. The second-order valence-electron chi connectivity index (χ2n) is 5.65. The maximum Gasteiger partial charge on any atom is 0.246 e. The molecule has 1 aliphatic carbocycles. The van der Waals surface area contributed by atoms with E-state index in [0.717, 1.165) is 12.8 Å². The van der Waals surface area contributed by atoms with E-state index in [1.54, 1.807) is 29.2 Å². The number of para-hydroxylation sites is 1. The van der Waals surface area contributed by atoms with Gasteiger partial charge in [-0.3, -0.25) is 4.79 Å². The van der Waals surface area contributed by atoms with Crippen LogP contribution in [0.5, 0.6) is 5.75 Å². The molecule has 1 saturated heterocycles. The van der Waals surface area contributed by atoms with Crippen LogP contribution < -0.4 is 4.74 Å². The van der Waals surface area contributed by atoms with Gasteiger partial charge in [-0.2, -0.15) is 4.31 Å². The second kappa shape index (κ2) is 5.89. The molecule has 0 atom stereocenters. The number of ether oxygens (including phenoxy) is 1. The van der Waals surface area contributed by atoms with Crippen molar-refractivity contribution in [1.82, 2.24) is 9.21 Å². The van der Waals surface area contributed by atoms with Crippen LogP contribution in [0.15, 0.2) is 29.2 Å². The van der Waals surface area contributed by atoms with Crippen LogP contribution in [0.1, 0.15) is 12.8 Å². The van der Waals surface area contributed by atoms with Crippen molar-refractivity contribution in [3.05, 3.63) is 24.3 Å². The summed E-state index contributed by atoms with van der Waals surface area (Å²) in [6, 6.07) is 6.61. The molecule has 1 aromatic carbocycles. The summed E-state index contributed by atoms with van der Waals surface area (Å²) in [6.45, 7) is 1.59. The van der Waals surface area contributed by atoms with Gasteiger partial charge in [-0.25, -0.2) is 8.42 Å². The fourth-order valence-corrected chi connectivity index (χ4v) is 4.29. The highest BCUT2D eigenvalue weighted by atomic mass is 32.2. The van der Waals surface area contributed by atoms with Crippen molar-refractivity contribution in [1.29, 1.82) is 0 Å². The number of benzene rings is 1. The molecule has 0 aromatic heterocycles. The molecule has 0 unspecified atom stereocenters. The number of rotatable bonds is 4. The summed E-state index contributed by atoms with van der Waals surface area (Å²) in [5.74, 6) is 0.700. The summed E-state index contributed by atoms with van der Waals surface area (Å²) < 4.78 is 32.0. The summed E-state index contributed by atoms with van der Waals surface area (Å²) in [5, 5.41) is 0. The number of nitrogens with zero attached hydrogens (tertiary/aromatic N) is 2. The Morgan fingerprint density at radius 1 is 1.14 bits per heavy atom. The van der Waals surface area contributed by atoms with Crippen LogP contribution in [0.25, 0.3) is 0 Å². The number of sulfonamides is 1. The normalized spacial score (nSPS) is 20.0. The Morgan fingerprint density at radius 3 is 2.36 bits per heavy atom. The van der Waals surface area contributed by atoms with Crippen molar-refractivity contribution in [3.8, 4) is 5.75 Å². The fourth-order valence-electron chi connectivity index (χ4n) is 2.71. The summed E-state index contributed by atoms with van der Waals surface area (Å²) in [7, 11) is -2.13. The van der Waals surface area contributed by atoms with Crippen LogP contribution in [-0.4, -0.2) is 56.8 Å². The van der Waals surface area contributed by atoms with Gasteiger partial charge in [0.25, 0.3) is 0 Å². The number of amides is 1. The Hall–Kier alpha value is -1.60. The third-order valence-electron chi connectivity index (χ3n) is 4.16. The number of hydrogen-bond donors (Lipinski definition) is 0. The Kier molecular flexibility index (Phi) is 4.10. The Morgan fingerprint density at radius 2 is 1.77 bits per heavy atom. The monoisotopic (exact) mass is 324 g/mol. The molecule has 1 amide bonds. The van der Waals surface area contributed by atoms with Gasteiger partial charge < -0.3 is 9.64 Å². The van der Waals surface area contributed by atoms with Crippen molar-refractivity contribution in [2.45, 2.75) is 17.7 Å². The van der Waals surface area contributed by atoms with E-state index in [1.165, 1.54) is 11.4 Å². The van der Waals surface area contributed by atoms with Crippen LogP contribution in [0.4, 0.5) is 0 Å². The van der Waals surface area contributed by atoms with Gasteiger partial charge in [0.05, 0.1) is 7.11 Å². The van der Waals surface area contributed by atoms with E-state index in [0.29, 0.717) is 31.9 Å². The van der Waals surface area contributed by atoms with E-state index in [9.17, 15) is 13.2 Å². The topological polar surface area (TPSA) is 66.9 Å². The van der Waals surface area contributed by atoms with Crippen molar-refractivity contribution >= 4 is 15.9 Å². The molecular weight excluding hydrogens is 304 g/mol. The lowest BCUT2D eigenvalue weighted by atomic mass is 10.3. The number of piperazine rings is 1. The summed E-state index contributed by atoms with van der Waals surface area (Å²) in [6.07, 6.45) is 1.94. The van der Waals surface area contributed by atoms with Crippen LogP contribution in [0.3, 0.4) is 0 Å². The lowest BCUT2D eigenvalue weighted by Crippen LogP contribution is -2.50. The summed E-state index contributed by atoms with van der Waals surface area (Å²) in [5.41, 5.74) is 0. The van der Waals surface area contributed by atoms with E-state index in [2.05, 4.69) is 0 Å². The van der Waals surface area contributed by atoms with Gasteiger partial charge in [-0.1, -0.05) is 12.1 Å². The van der Waals surface area contributed by atoms with Crippen molar-refractivity contribution in [3.63, 3.8) is 0 Å². The quantitative estimate of drug-likeness (QED) is 0.827. The lowest BCUT2D eigenvalue weighted by Gasteiger charge is -2.34. The third kappa shape index (κ3) is 2.83. The molecule has 120 valence electrons. The Bertz CT molecular complexity index is 662. The van der Waals surface area contributed by atoms with Crippen molar-refractivity contribution in [2.24, 2.45) is 5.92 Å². The minimum atomic E-state index is -3.59. The lowest BCUT2D eigenvalue weighted by molar-refractivity contribution is -0.133. The molecule has 1 aromatic rings. The largest absolute Gasteiger partial charge is 0.495 e. The molecule has 2 aliphatic rings. The molecular formula is C15H20N2O4S. The molecule has 0 spiro atoms. The number of hydrogen-bond acceptors (Lipinski definition) is 4. The minimum absolute atomic E-state index is 0.175. The van der Waals surface area contributed by atoms with E-state index in [1.807, 2.05) is 0 Å². The molecule has 6 nitrogen and oxygen atoms in total. The molecule has 3 rings (SSSR count). The average Bonchev–Trinajstić information content (AvgIpc) is 3.39. The maximum atomic E-state index is 12.7. The molecule has 0 radical (unpaired) electrons. The summed E-state index contributed by atoms with van der Waals surface area (Å²) >= 11 is 0. The number of methoxy groups -OCH3 is 1. The van der Waals surface area contributed by atoms with Gasteiger partial charge >= 0.3 is 0 Å². The van der Waals surface area contributed by atoms with E-state index >= 15 is 0 Å². The van der Waals surface area contributed by atoms with E-state index in [-0.39, 0.29) is 16.7 Å². The Labute approximate surface area is 130 Å². The molecule has 2 fully saturated rings. The van der Waals surface area contributed by atoms with Gasteiger partial charge in [-0.15, -0.1) is 0 Å². The van der Waals surface area contributed by atoms with Crippen molar-refractivity contribution in [2.75, 3.05) is 33.3 Å². The molecule has 1 heterocycles. The molecule has 22 heavy (non-hydrogen) atoms. The first kappa shape index (κ1) is 15.3. The first-order valence-electron chi connectivity index (χ1n) is 7.46. The van der Waals surface area contributed by atoms with Gasteiger partial charge in [0.1, 0.15) is 10.6 Å². The highest BCUT2D eigenvalue weighted by Gasteiger charge is 2.37. The first-order chi connectivity index (χ1) is 10.5. The van der Waals surface area contributed by atoms with Gasteiger partial charge in [0.15, 0.2) is 0 Å². The molecule has 0 N–H and O–H groups in total. The fraction of sp³-hybridized carbons (Fsp3) is 0.533. The zero-order valence-electron chi connectivity index (χ0n) is 12.6. The van der Waals surface area contributed by atoms with Crippen molar-refractivity contribution < 1.29 is 17.9 Å². The van der Waals surface area contributed by atoms with Crippen LogP contribution in [0.2, 0.25) is 0 Å². The first-order valence-corrected chi connectivity index (χ1v) is 8.90. The van der Waals surface area contributed by atoms with E-state index < -0.39 is 10.0 Å². The zero-order valence-corrected chi connectivity index (χ0v) is 13.4. The number of carbonyl (C=O) groups excluding carboxylic acids is 1. The van der Waals surface area contributed by atoms with Crippen LogP contribution >= 0.6 is 0 Å². The minimum Gasteiger partial charge on any atom is -0.495 e. The third-order valence-corrected chi connectivity index (χ3v) is 6.10. The maximum absolute atomic E-state index is 12.7. The molecule has 1 aliphatic heterocycles. The van der Waals surface area contributed by atoms with E-state index in [4.69, 9.17) is 4.74 Å².